The van der Waals surface area contributed by atoms with E-state index in [9.17, 15) is 0 Å². The van der Waals surface area contributed by atoms with Gasteiger partial charge in [0.25, 0.3) is 0 Å². The predicted molar refractivity (Wildman–Crippen MR) is 84.8 cm³/mol. The van der Waals surface area contributed by atoms with Gasteiger partial charge >= 0.3 is 0 Å². The number of benzene rings is 2. The van der Waals surface area contributed by atoms with Crippen molar-refractivity contribution in [2.75, 3.05) is 13.7 Å². The molecule has 0 saturated heterocycles. The quantitative estimate of drug-likeness (QED) is 0.828. The van der Waals surface area contributed by atoms with E-state index in [0.717, 1.165) is 15.1 Å². The van der Waals surface area contributed by atoms with Gasteiger partial charge in [0.1, 0.15) is 5.75 Å². The first-order chi connectivity index (χ1) is 9.24. The second-order valence-corrected chi connectivity index (χ2v) is 6.17. The Hall–Kier alpha value is -0.970. The van der Waals surface area contributed by atoms with E-state index in [1.807, 2.05) is 36.4 Å². The third kappa shape index (κ3) is 3.75. The van der Waals surface area contributed by atoms with Gasteiger partial charge in [0.2, 0.25) is 0 Å². The first-order valence-corrected chi connectivity index (χ1v) is 7.67. The fourth-order valence-electron chi connectivity index (χ4n) is 1.81. The van der Waals surface area contributed by atoms with Crippen molar-refractivity contribution in [2.45, 2.75) is 10.1 Å². The van der Waals surface area contributed by atoms with E-state index in [-0.39, 0.29) is 5.25 Å². The molecule has 0 spiro atoms. The van der Waals surface area contributed by atoms with Crippen LogP contribution in [0.1, 0.15) is 10.8 Å². The molecular formula is C15H16BrNOS. The Morgan fingerprint density at radius 2 is 2.00 bits per heavy atom. The molecule has 0 fully saturated rings. The maximum Gasteiger partial charge on any atom is 0.119 e. The molecule has 2 aromatic carbocycles. The predicted octanol–water partition coefficient (Wildman–Crippen LogP) is 4.25. The molecule has 2 nitrogen and oxygen atoms in total. The number of hydrogen-bond acceptors (Lipinski definition) is 3. The van der Waals surface area contributed by atoms with Crippen molar-refractivity contribution in [3.63, 3.8) is 0 Å². The van der Waals surface area contributed by atoms with Gasteiger partial charge in [0.05, 0.1) is 7.11 Å². The molecule has 0 aliphatic carbocycles. The van der Waals surface area contributed by atoms with Gasteiger partial charge in [-0.1, -0.05) is 40.2 Å². The second kappa shape index (κ2) is 6.98. The van der Waals surface area contributed by atoms with Crippen LogP contribution in [0.5, 0.6) is 5.75 Å². The van der Waals surface area contributed by atoms with Gasteiger partial charge in [-0.2, -0.15) is 0 Å². The highest BCUT2D eigenvalue weighted by molar-refractivity contribution is 9.10. The third-order valence-corrected chi connectivity index (χ3v) is 4.76. The fourth-order valence-corrected chi connectivity index (χ4v) is 3.62. The number of hydrogen-bond donors (Lipinski definition) is 1. The lowest BCUT2D eigenvalue weighted by atomic mass is 10.1. The van der Waals surface area contributed by atoms with Crippen LogP contribution in [0.4, 0.5) is 0 Å². The van der Waals surface area contributed by atoms with E-state index in [1.165, 1.54) is 5.56 Å². The highest BCUT2D eigenvalue weighted by Gasteiger charge is 2.14. The Kier molecular flexibility index (Phi) is 5.31. The minimum absolute atomic E-state index is 0.225. The van der Waals surface area contributed by atoms with Gasteiger partial charge in [-0.25, -0.2) is 0 Å². The molecule has 100 valence electrons. The molecule has 1 unspecified atom stereocenters. The molecule has 19 heavy (non-hydrogen) atoms. The summed E-state index contributed by atoms with van der Waals surface area (Å²) in [6.45, 7) is 0.588. The molecule has 0 bridgehead atoms. The molecule has 2 N–H and O–H groups in total. The van der Waals surface area contributed by atoms with Gasteiger partial charge < -0.3 is 10.5 Å². The van der Waals surface area contributed by atoms with E-state index < -0.39 is 0 Å². The van der Waals surface area contributed by atoms with Gasteiger partial charge in [0.15, 0.2) is 0 Å². The molecule has 0 radical (unpaired) electrons. The van der Waals surface area contributed by atoms with Crippen LogP contribution >= 0.6 is 27.7 Å². The molecule has 0 amide bonds. The topological polar surface area (TPSA) is 35.2 Å². The first-order valence-electron chi connectivity index (χ1n) is 6.00. The summed E-state index contributed by atoms with van der Waals surface area (Å²) in [6, 6.07) is 16.2. The zero-order chi connectivity index (χ0) is 13.7. The lowest BCUT2D eigenvalue weighted by molar-refractivity contribution is 0.413. The van der Waals surface area contributed by atoms with E-state index in [1.54, 1.807) is 18.9 Å². The first kappa shape index (κ1) is 14.4. The maximum atomic E-state index is 5.92. The number of halogens is 1. The monoisotopic (exact) mass is 337 g/mol. The molecule has 0 saturated carbocycles. The summed E-state index contributed by atoms with van der Waals surface area (Å²) in [7, 11) is 1.68. The lowest BCUT2D eigenvalue weighted by Crippen LogP contribution is -2.09. The molecule has 1 atom stereocenters. The maximum absolute atomic E-state index is 5.92. The summed E-state index contributed by atoms with van der Waals surface area (Å²) in [6.07, 6.45) is 0. The number of ether oxygens (including phenoxy) is 1. The van der Waals surface area contributed by atoms with Crippen LogP contribution in [0.2, 0.25) is 0 Å². The number of thioether (sulfide) groups is 1. The van der Waals surface area contributed by atoms with Crippen LogP contribution in [0.15, 0.2) is 57.9 Å². The van der Waals surface area contributed by atoms with Crippen LogP contribution in [-0.2, 0) is 0 Å². The minimum atomic E-state index is 0.225. The Balaban J connectivity index is 2.21. The molecule has 0 aliphatic rings. The summed E-state index contributed by atoms with van der Waals surface area (Å²) in [5.74, 6) is 0.868. The van der Waals surface area contributed by atoms with Crippen LogP contribution < -0.4 is 10.5 Å². The third-order valence-electron chi connectivity index (χ3n) is 2.79. The molecule has 0 heterocycles. The number of nitrogens with two attached hydrogens (primary N) is 1. The van der Waals surface area contributed by atoms with Crippen molar-refractivity contribution in [1.82, 2.24) is 0 Å². The normalized spacial score (nSPS) is 12.2. The number of rotatable bonds is 5. The smallest absolute Gasteiger partial charge is 0.119 e. The van der Waals surface area contributed by atoms with Crippen molar-refractivity contribution in [3.8, 4) is 5.75 Å². The molecule has 0 aromatic heterocycles. The van der Waals surface area contributed by atoms with Crippen LogP contribution in [0.3, 0.4) is 0 Å². The van der Waals surface area contributed by atoms with Crippen LogP contribution in [-0.4, -0.2) is 13.7 Å². The minimum Gasteiger partial charge on any atom is -0.497 e. The summed E-state index contributed by atoms with van der Waals surface area (Å²) in [5.41, 5.74) is 7.14. The second-order valence-electron chi connectivity index (χ2n) is 4.04. The van der Waals surface area contributed by atoms with E-state index >= 15 is 0 Å². The van der Waals surface area contributed by atoms with E-state index in [4.69, 9.17) is 10.5 Å². The van der Waals surface area contributed by atoms with Crippen molar-refractivity contribution < 1.29 is 4.74 Å². The standard InChI is InChI=1S/C15H16BrNOS/c1-18-11-5-4-6-12(9-11)19-15(10-17)13-7-2-3-8-14(13)16/h2-9,15H,10,17H2,1H3. The summed E-state index contributed by atoms with van der Waals surface area (Å²) < 4.78 is 6.34. The zero-order valence-electron chi connectivity index (χ0n) is 10.7. The Bertz CT molecular complexity index is 547. The fraction of sp³-hybridized carbons (Fsp3) is 0.200. The largest absolute Gasteiger partial charge is 0.497 e. The average Bonchev–Trinajstić information content (AvgIpc) is 2.46. The molecule has 2 rings (SSSR count). The Labute approximate surface area is 126 Å². The SMILES string of the molecule is COc1cccc(SC(CN)c2ccccc2Br)c1. The summed E-state index contributed by atoms with van der Waals surface area (Å²) >= 11 is 5.34. The Morgan fingerprint density at radius 1 is 1.21 bits per heavy atom. The zero-order valence-corrected chi connectivity index (χ0v) is 13.1. The molecular weight excluding hydrogens is 322 g/mol. The van der Waals surface area contributed by atoms with Gasteiger partial charge in [0, 0.05) is 21.2 Å². The van der Waals surface area contributed by atoms with E-state index in [0.29, 0.717) is 6.54 Å². The van der Waals surface area contributed by atoms with Gasteiger partial charge in [-0.05, 0) is 29.8 Å². The highest BCUT2D eigenvalue weighted by atomic mass is 79.9. The van der Waals surface area contributed by atoms with E-state index in [2.05, 4.69) is 28.1 Å². The molecule has 0 aliphatic heterocycles. The number of methoxy groups -OCH3 is 1. The average molecular weight is 338 g/mol. The molecule has 2 aromatic rings. The van der Waals surface area contributed by atoms with Crippen LogP contribution in [0.25, 0.3) is 0 Å². The lowest BCUT2D eigenvalue weighted by Gasteiger charge is -2.16. The summed E-state index contributed by atoms with van der Waals surface area (Å²) in [4.78, 5) is 1.16. The van der Waals surface area contributed by atoms with Crippen molar-refractivity contribution in [2.24, 2.45) is 5.73 Å². The molecule has 4 heteroatoms. The van der Waals surface area contributed by atoms with Crippen molar-refractivity contribution in [3.05, 3.63) is 58.6 Å². The van der Waals surface area contributed by atoms with Gasteiger partial charge in [-0.3, -0.25) is 0 Å². The van der Waals surface area contributed by atoms with Gasteiger partial charge in [-0.15, -0.1) is 11.8 Å². The Morgan fingerprint density at radius 3 is 2.68 bits per heavy atom. The van der Waals surface area contributed by atoms with Crippen molar-refractivity contribution >= 4 is 27.7 Å². The van der Waals surface area contributed by atoms with Crippen molar-refractivity contribution in [1.29, 1.82) is 0 Å². The highest BCUT2D eigenvalue weighted by Crippen LogP contribution is 2.38. The summed E-state index contributed by atoms with van der Waals surface area (Å²) in [5, 5.41) is 0.225. The van der Waals surface area contributed by atoms with Crippen LogP contribution in [0, 0.1) is 0 Å².